The van der Waals surface area contributed by atoms with Crippen molar-refractivity contribution in [3.63, 3.8) is 0 Å². The number of aliphatic carboxylic acids is 1. The molecule has 0 saturated carbocycles. The SMILES string of the molecule is O=C(O)CCCCc1nc2cc(C(=O)NC3CC(=O)Nc4ccccc43)ccc2nc1-c1ccc(F)cc1. The van der Waals surface area contributed by atoms with Gasteiger partial charge < -0.3 is 15.7 Å². The van der Waals surface area contributed by atoms with E-state index in [4.69, 9.17) is 15.1 Å². The first-order valence-corrected chi connectivity index (χ1v) is 12.4. The fourth-order valence-electron chi connectivity index (χ4n) is 4.60. The number of aryl methyl sites for hydroxylation is 1. The van der Waals surface area contributed by atoms with Crippen molar-refractivity contribution in [1.29, 1.82) is 0 Å². The second-order valence-corrected chi connectivity index (χ2v) is 9.20. The Morgan fingerprint density at radius 2 is 1.79 bits per heavy atom. The molecule has 0 radical (unpaired) electrons. The molecule has 0 aliphatic carbocycles. The van der Waals surface area contributed by atoms with Crippen LogP contribution in [0.3, 0.4) is 0 Å². The lowest BCUT2D eigenvalue weighted by Crippen LogP contribution is -2.35. The van der Waals surface area contributed by atoms with E-state index < -0.39 is 12.0 Å². The van der Waals surface area contributed by atoms with E-state index in [-0.39, 0.29) is 30.5 Å². The molecular weight excluding hydrogens is 487 g/mol. The number of carbonyl (C=O) groups excluding carboxylic acids is 2. The summed E-state index contributed by atoms with van der Waals surface area (Å²) in [6.07, 6.45) is 1.74. The van der Waals surface area contributed by atoms with Crippen LogP contribution in [0, 0.1) is 5.82 Å². The molecule has 1 aromatic heterocycles. The van der Waals surface area contributed by atoms with Gasteiger partial charge in [-0.05, 0) is 73.4 Å². The van der Waals surface area contributed by atoms with Crippen LogP contribution in [0.25, 0.3) is 22.3 Å². The molecule has 0 spiro atoms. The van der Waals surface area contributed by atoms with E-state index in [1.165, 1.54) is 12.1 Å². The Hall–Kier alpha value is -4.66. The molecule has 8 nitrogen and oxygen atoms in total. The summed E-state index contributed by atoms with van der Waals surface area (Å²) in [5, 5.41) is 14.7. The normalized spacial score (nSPS) is 14.6. The van der Waals surface area contributed by atoms with Crippen LogP contribution >= 0.6 is 0 Å². The second-order valence-electron chi connectivity index (χ2n) is 9.20. The van der Waals surface area contributed by atoms with Crippen LogP contribution < -0.4 is 10.6 Å². The number of nitrogens with one attached hydrogen (secondary N) is 2. The molecule has 3 aromatic carbocycles. The van der Waals surface area contributed by atoms with Gasteiger partial charge in [0.2, 0.25) is 5.91 Å². The lowest BCUT2D eigenvalue weighted by atomic mass is 9.97. The van der Waals surface area contributed by atoms with E-state index in [0.717, 1.165) is 5.56 Å². The van der Waals surface area contributed by atoms with E-state index in [0.29, 0.717) is 58.5 Å². The van der Waals surface area contributed by atoms with Crippen molar-refractivity contribution in [2.75, 3.05) is 5.32 Å². The van der Waals surface area contributed by atoms with E-state index in [2.05, 4.69) is 10.6 Å². The number of aromatic nitrogens is 2. The largest absolute Gasteiger partial charge is 0.481 e. The van der Waals surface area contributed by atoms with Crippen molar-refractivity contribution >= 4 is 34.5 Å². The van der Waals surface area contributed by atoms with Gasteiger partial charge in [0.15, 0.2) is 0 Å². The van der Waals surface area contributed by atoms with Crippen molar-refractivity contribution in [1.82, 2.24) is 15.3 Å². The second kappa shape index (κ2) is 10.8. The molecular formula is C29H25FN4O4. The summed E-state index contributed by atoms with van der Waals surface area (Å²) in [6, 6.07) is 17.9. The van der Waals surface area contributed by atoms with Gasteiger partial charge in [-0.25, -0.2) is 14.4 Å². The number of unbranched alkanes of at least 4 members (excludes halogenated alkanes) is 1. The number of hydrogen-bond acceptors (Lipinski definition) is 5. The highest BCUT2D eigenvalue weighted by Gasteiger charge is 2.26. The van der Waals surface area contributed by atoms with E-state index in [9.17, 15) is 18.8 Å². The molecule has 2 heterocycles. The molecule has 1 aliphatic heterocycles. The topological polar surface area (TPSA) is 121 Å². The van der Waals surface area contributed by atoms with Crippen molar-refractivity contribution in [3.8, 4) is 11.3 Å². The van der Waals surface area contributed by atoms with E-state index in [1.807, 2.05) is 18.2 Å². The average Bonchev–Trinajstić information content (AvgIpc) is 2.90. The molecule has 5 rings (SSSR count). The van der Waals surface area contributed by atoms with Crippen molar-refractivity contribution in [2.45, 2.75) is 38.1 Å². The molecule has 3 N–H and O–H groups in total. The van der Waals surface area contributed by atoms with Gasteiger partial charge in [0.05, 0.1) is 34.9 Å². The zero-order valence-electron chi connectivity index (χ0n) is 20.4. The highest BCUT2D eigenvalue weighted by atomic mass is 19.1. The highest BCUT2D eigenvalue weighted by Crippen LogP contribution is 2.31. The number of carboxylic acids is 1. The van der Waals surface area contributed by atoms with Crippen LogP contribution in [0.2, 0.25) is 0 Å². The summed E-state index contributed by atoms with van der Waals surface area (Å²) in [7, 11) is 0. The summed E-state index contributed by atoms with van der Waals surface area (Å²) in [5.41, 5.74) is 4.91. The Morgan fingerprint density at radius 1 is 1.00 bits per heavy atom. The monoisotopic (exact) mass is 512 g/mol. The third-order valence-electron chi connectivity index (χ3n) is 6.48. The Balaban J connectivity index is 1.44. The number of fused-ring (bicyclic) bond motifs is 2. The number of rotatable bonds is 8. The fraction of sp³-hybridized carbons (Fsp3) is 0.207. The molecule has 2 amide bonds. The van der Waals surface area contributed by atoms with Crippen molar-refractivity contribution in [2.24, 2.45) is 0 Å². The van der Waals surface area contributed by atoms with E-state index in [1.54, 1.807) is 36.4 Å². The molecule has 0 fully saturated rings. The van der Waals surface area contributed by atoms with Crippen molar-refractivity contribution < 1.29 is 23.9 Å². The summed E-state index contributed by atoms with van der Waals surface area (Å²) in [6.45, 7) is 0. The maximum atomic E-state index is 13.5. The van der Waals surface area contributed by atoms with Gasteiger partial charge in [-0.3, -0.25) is 14.4 Å². The third-order valence-corrected chi connectivity index (χ3v) is 6.48. The van der Waals surface area contributed by atoms with Gasteiger partial charge in [0.1, 0.15) is 5.82 Å². The Kier molecular flexibility index (Phi) is 7.08. The number of carbonyl (C=O) groups is 3. The highest BCUT2D eigenvalue weighted by molar-refractivity contribution is 5.99. The first kappa shape index (κ1) is 25.0. The molecule has 38 heavy (non-hydrogen) atoms. The predicted molar refractivity (Wildman–Crippen MR) is 140 cm³/mol. The molecule has 0 saturated heterocycles. The summed E-state index contributed by atoms with van der Waals surface area (Å²) < 4.78 is 13.5. The minimum Gasteiger partial charge on any atom is -0.481 e. The van der Waals surface area contributed by atoms with Crippen molar-refractivity contribution in [3.05, 3.63) is 89.4 Å². The molecule has 0 bridgehead atoms. The minimum absolute atomic E-state index is 0.0551. The van der Waals surface area contributed by atoms with Gasteiger partial charge in [0, 0.05) is 23.2 Å². The number of benzene rings is 3. The summed E-state index contributed by atoms with van der Waals surface area (Å²) in [4.78, 5) is 45.8. The first-order valence-electron chi connectivity index (χ1n) is 12.4. The smallest absolute Gasteiger partial charge is 0.303 e. The molecule has 4 aromatic rings. The number of anilines is 1. The fourth-order valence-corrected chi connectivity index (χ4v) is 4.60. The number of para-hydroxylation sites is 1. The number of hydrogen-bond donors (Lipinski definition) is 3. The van der Waals surface area contributed by atoms with Gasteiger partial charge >= 0.3 is 5.97 Å². The van der Waals surface area contributed by atoms with Crippen LogP contribution in [0.1, 0.15) is 53.3 Å². The number of carboxylic acid groups (broad SMARTS) is 1. The van der Waals surface area contributed by atoms with Gasteiger partial charge in [-0.1, -0.05) is 18.2 Å². The number of amides is 2. The molecule has 9 heteroatoms. The average molecular weight is 513 g/mol. The maximum Gasteiger partial charge on any atom is 0.303 e. The van der Waals surface area contributed by atoms with E-state index >= 15 is 0 Å². The summed E-state index contributed by atoms with van der Waals surface area (Å²) in [5.74, 6) is -1.73. The molecule has 1 atom stereocenters. The van der Waals surface area contributed by atoms with Gasteiger partial charge in [-0.2, -0.15) is 0 Å². The third kappa shape index (κ3) is 5.51. The quantitative estimate of drug-likeness (QED) is 0.284. The lowest BCUT2D eigenvalue weighted by Gasteiger charge is -2.26. The number of halogens is 1. The Bertz CT molecular complexity index is 1540. The zero-order chi connectivity index (χ0) is 26.6. The minimum atomic E-state index is -0.859. The van der Waals surface area contributed by atoms with Gasteiger partial charge in [0.25, 0.3) is 5.91 Å². The maximum absolute atomic E-state index is 13.5. The van der Waals surface area contributed by atoms with Crippen LogP contribution in [0.4, 0.5) is 10.1 Å². The Morgan fingerprint density at radius 3 is 2.58 bits per heavy atom. The zero-order valence-corrected chi connectivity index (χ0v) is 20.4. The molecule has 192 valence electrons. The van der Waals surface area contributed by atoms with Crippen LogP contribution in [0.15, 0.2) is 66.7 Å². The van der Waals surface area contributed by atoms with Crippen LogP contribution in [0.5, 0.6) is 0 Å². The van der Waals surface area contributed by atoms with Gasteiger partial charge in [-0.15, -0.1) is 0 Å². The van der Waals surface area contributed by atoms with Crippen LogP contribution in [-0.4, -0.2) is 32.9 Å². The standard InChI is InChI=1S/C29H25FN4O4/c30-19-12-9-17(10-13-19)28-23(7-3-4-8-27(36)37)31-25-15-18(11-14-22(25)33-28)29(38)34-24-16-26(35)32-21-6-2-1-5-20(21)24/h1-2,5-6,9-15,24H,3-4,7-8,16H2,(H,32,35)(H,34,38)(H,36,37). The molecule has 1 aliphatic rings. The number of nitrogens with zero attached hydrogens (tertiary/aromatic N) is 2. The Labute approximate surface area is 217 Å². The predicted octanol–water partition coefficient (Wildman–Crippen LogP) is 5.05. The lowest BCUT2D eigenvalue weighted by molar-refractivity contribution is -0.137. The first-order chi connectivity index (χ1) is 18.4. The van der Waals surface area contributed by atoms with Crippen LogP contribution in [-0.2, 0) is 16.0 Å². The summed E-state index contributed by atoms with van der Waals surface area (Å²) >= 11 is 0. The molecule has 1 unspecified atom stereocenters.